The molecule has 178 valence electrons. The fraction of sp³-hybridized carbons (Fsp3) is 0.348. The number of rotatable bonds is 4. The van der Waals surface area contributed by atoms with Gasteiger partial charge in [-0.2, -0.15) is 26.3 Å². The van der Waals surface area contributed by atoms with Gasteiger partial charge < -0.3 is 14.2 Å². The van der Waals surface area contributed by atoms with Crippen molar-refractivity contribution in [3.8, 4) is 0 Å². The summed E-state index contributed by atoms with van der Waals surface area (Å²) in [6, 6.07) is 8.36. The highest BCUT2D eigenvalue weighted by Gasteiger charge is 2.34. The summed E-state index contributed by atoms with van der Waals surface area (Å²) in [5.41, 5.74) is -1.08. The number of carbonyl (C=O) groups excluding carboxylic acids is 1. The zero-order valence-corrected chi connectivity index (χ0v) is 17.5. The molecule has 4 nitrogen and oxygen atoms in total. The lowest BCUT2D eigenvalue weighted by Gasteiger charge is -2.33. The highest BCUT2D eigenvalue weighted by Crippen LogP contribution is 2.41. The predicted octanol–water partition coefficient (Wildman–Crippen LogP) is 6.74. The van der Waals surface area contributed by atoms with Crippen LogP contribution in [0.3, 0.4) is 0 Å². The van der Waals surface area contributed by atoms with Crippen LogP contribution in [0.4, 0.5) is 26.3 Å². The number of hydrogen-bond acceptors (Lipinski definition) is 4. The molecule has 3 rings (SSSR count). The van der Waals surface area contributed by atoms with E-state index in [0.717, 1.165) is 30.3 Å². The van der Waals surface area contributed by atoms with Gasteiger partial charge in [-0.1, -0.05) is 24.3 Å². The fourth-order valence-corrected chi connectivity index (χ4v) is 3.14. The molecule has 0 bridgehead atoms. The maximum atomic E-state index is 12.9. The first-order chi connectivity index (χ1) is 15.3. The van der Waals surface area contributed by atoms with Gasteiger partial charge in [0.1, 0.15) is 5.76 Å². The summed E-state index contributed by atoms with van der Waals surface area (Å²) in [5.74, 6) is -0.569. The summed E-state index contributed by atoms with van der Waals surface area (Å²) in [5, 5.41) is 0. The molecule has 1 aliphatic heterocycles. The largest absolute Gasteiger partial charge is 0.465 e. The van der Waals surface area contributed by atoms with E-state index in [4.69, 9.17) is 14.2 Å². The molecule has 0 amide bonds. The quantitative estimate of drug-likeness (QED) is 0.280. The second-order valence-electron chi connectivity index (χ2n) is 7.61. The molecule has 0 spiro atoms. The molecule has 1 aliphatic rings. The van der Waals surface area contributed by atoms with Crippen LogP contribution < -0.4 is 0 Å². The topological polar surface area (TPSA) is 44.8 Å². The molecule has 0 N–H and O–H groups in total. The molecule has 1 fully saturated rings. The second kappa shape index (κ2) is 9.46. The van der Waals surface area contributed by atoms with E-state index in [9.17, 15) is 31.1 Å². The summed E-state index contributed by atoms with van der Waals surface area (Å²) < 4.78 is 93.8. The van der Waals surface area contributed by atoms with Gasteiger partial charge in [0, 0.05) is 12.0 Å². The van der Waals surface area contributed by atoms with Gasteiger partial charge >= 0.3 is 18.3 Å². The monoisotopic (exact) mass is 474 g/mol. The van der Waals surface area contributed by atoms with Crippen LogP contribution >= 0.6 is 0 Å². The Kier molecular flexibility index (Phi) is 7.06. The fourth-order valence-electron chi connectivity index (χ4n) is 3.14. The first-order valence-electron chi connectivity index (χ1n) is 9.90. The Labute approximate surface area is 185 Å². The average Bonchev–Trinajstić information content (AvgIpc) is 2.72. The zero-order valence-electron chi connectivity index (χ0n) is 17.5. The third kappa shape index (κ3) is 6.50. The van der Waals surface area contributed by atoms with Crippen molar-refractivity contribution >= 4 is 5.97 Å². The number of esters is 1. The van der Waals surface area contributed by atoms with E-state index in [2.05, 4.69) is 0 Å². The van der Waals surface area contributed by atoms with Crippen LogP contribution in [0.25, 0.3) is 0 Å². The van der Waals surface area contributed by atoms with Crippen LogP contribution in [0.2, 0.25) is 0 Å². The highest BCUT2D eigenvalue weighted by molar-refractivity contribution is 5.82. The molecular weight excluding hydrogens is 454 g/mol. The smallest absolute Gasteiger partial charge is 0.416 e. The molecule has 0 saturated carbocycles. The standard InChI is InChI=1S/C23H20F6O4/c1-13(2)31-20(30)12-18-11-19(14-3-7-16(8-4-14)22(24,25)26)33-21(32-18)15-5-9-17(10-6-15)23(27,28)29/h3-10,12-13,19,21H,11H2,1-2H3/b18-12+/t19-,21-/m0/s1. The maximum absolute atomic E-state index is 12.9. The summed E-state index contributed by atoms with van der Waals surface area (Å²) in [6.07, 6.45) is -10.3. The van der Waals surface area contributed by atoms with E-state index in [0.29, 0.717) is 5.56 Å². The first-order valence-corrected chi connectivity index (χ1v) is 9.90. The Bertz CT molecular complexity index is 924. The van der Waals surface area contributed by atoms with Gasteiger partial charge in [0.05, 0.1) is 29.4 Å². The molecule has 33 heavy (non-hydrogen) atoms. The van der Waals surface area contributed by atoms with Gasteiger partial charge in [-0.3, -0.25) is 0 Å². The first kappa shape index (κ1) is 24.6. The number of ether oxygens (including phenoxy) is 3. The van der Waals surface area contributed by atoms with Crippen LogP contribution in [-0.2, 0) is 31.4 Å². The molecule has 2 atom stereocenters. The van der Waals surface area contributed by atoms with Crippen molar-refractivity contribution in [1.29, 1.82) is 0 Å². The molecule has 2 aromatic rings. The molecule has 0 unspecified atom stereocenters. The summed E-state index contributed by atoms with van der Waals surface area (Å²) in [4.78, 5) is 12.0. The zero-order chi connectivity index (χ0) is 24.4. The molecule has 2 aromatic carbocycles. The van der Waals surface area contributed by atoms with Crippen molar-refractivity contribution < 1.29 is 45.3 Å². The predicted molar refractivity (Wildman–Crippen MR) is 104 cm³/mol. The van der Waals surface area contributed by atoms with Crippen molar-refractivity contribution in [3.05, 3.63) is 82.6 Å². The number of benzene rings is 2. The molecule has 10 heteroatoms. The van der Waals surface area contributed by atoms with E-state index in [-0.39, 0.29) is 17.7 Å². The van der Waals surface area contributed by atoms with Crippen LogP contribution in [0, 0.1) is 0 Å². The van der Waals surface area contributed by atoms with Gasteiger partial charge in [0.15, 0.2) is 0 Å². The van der Waals surface area contributed by atoms with Gasteiger partial charge in [-0.25, -0.2) is 4.79 Å². The third-order valence-corrected chi connectivity index (χ3v) is 4.68. The molecular formula is C23H20F6O4. The summed E-state index contributed by atoms with van der Waals surface area (Å²) >= 11 is 0. The molecule has 0 aromatic heterocycles. The number of halogens is 6. The average molecular weight is 474 g/mol. The van der Waals surface area contributed by atoms with Crippen LogP contribution in [0.1, 0.15) is 54.9 Å². The van der Waals surface area contributed by atoms with Crippen LogP contribution in [-0.4, -0.2) is 12.1 Å². The van der Waals surface area contributed by atoms with Gasteiger partial charge in [0.2, 0.25) is 6.29 Å². The molecule has 1 heterocycles. The Morgan fingerprint density at radius 3 is 1.85 bits per heavy atom. The second-order valence-corrected chi connectivity index (χ2v) is 7.61. The number of alkyl halides is 6. The van der Waals surface area contributed by atoms with Crippen molar-refractivity contribution in [2.45, 2.75) is 51.1 Å². The number of hydrogen-bond donors (Lipinski definition) is 0. The minimum Gasteiger partial charge on any atom is -0.465 e. The lowest BCUT2D eigenvalue weighted by Crippen LogP contribution is -2.22. The third-order valence-electron chi connectivity index (χ3n) is 4.68. The molecule has 1 saturated heterocycles. The SMILES string of the molecule is CC(C)OC(=O)/C=C1\C[C@@H](c2ccc(C(F)(F)F)cc2)O[C@@H](c2ccc(C(F)(F)F)cc2)O1. The summed E-state index contributed by atoms with van der Waals surface area (Å²) in [7, 11) is 0. The van der Waals surface area contributed by atoms with E-state index in [1.54, 1.807) is 13.8 Å². The van der Waals surface area contributed by atoms with Crippen molar-refractivity contribution in [1.82, 2.24) is 0 Å². The Balaban J connectivity index is 1.90. The minimum absolute atomic E-state index is 0.00962. The molecule has 0 radical (unpaired) electrons. The maximum Gasteiger partial charge on any atom is 0.416 e. The Hall–Kier alpha value is -3.01. The van der Waals surface area contributed by atoms with E-state index in [1.807, 2.05) is 0 Å². The Morgan fingerprint density at radius 2 is 1.39 bits per heavy atom. The van der Waals surface area contributed by atoms with Crippen molar-refractivity contribution in [2.75, 3.05) is 0 Å². The van der Waals surface area contributed by atoms with Gasteiger partial charge in [-0.15, -0.1) is 0 Å². The van der Waals surface area contributed by atoms with E-state index >= 15 is 0 Å². The van der Waals surface area contributed by atoms with E-state index in [1.165, 1.54) is 24.3 Å². The lowest BCUT2D eigenvalue weighted by atomic mass is 10.0. The van der Waals surface area contributed by atoms with Crippen molar-refractivity contribution in [2.24, 2.45) is 0 Å². The number of carbonyl (C=O) groups is 1. The van der Waals surface area contributed by atoms with Crippen molar-refractivity contribution in [3.63, 3.8) is 0 Å². The Morgan fingerprint density at radius 1 is 0.909 bits per heavy atom. The summed E-state index contributed by atoms with van der Waals surface area (Å²) in [6.45, 7) is 3.30. The van der Waals surface area contributed by atoms with Crippen LogP contribution in [0.5, 0.6) is 0 Å². The minimum atomic E-state index is -4.53. The van der Waals surface area contributed by atoms with Crippen LogP contribution in [0.15, 0.2) is 60.4 Å². The van der Waals surface area contributed by atoms with Gasteiger partial charge in [-0.05, 0) is 43.7 Å². The lowest BCUT2D eigenvalue weighted by molar-refractivity contribution is -0.191. The highest BCUT2D eigenvalue weighted by atomic mass is 19.4. The van der Waals surface area contributed by atoms with Gasteiger partial charge in [0.25, 0.3) is 0 Å². The van der Waals surface area contributed by atoms with E-state index < -0.39 is 47.9 Å². The molecule has 0 aliphatic carbocycles. The normalized spacial score (nSPS) is 20.6.